The Kier molecular flexibility index (Phi) is 6.30. The number of hydrogen-bond donors (Lipinski definition) is 1. The van der Waals surface area contributed by atoms with E-state index >= 15 is 0 Å². The zero-order chi connectivity index (χ0) is 17.0. The van der Waals surface area contributed by atoms with Crippen molar-refractivity contribution in [3.63, 3.8) is 0 Å². The number of benzene rings is 1. The summed E-state index contributed by atoms with van der Waals surface area (Å²) in [7, 11) is 1.22. The Bertz CT molecular complexity index is 767. The molecular formula is C13H8BrFIN3O3S. The van der Waals surface area contributed by atoms with Gasteiger partial charge in [-0.1, -0.05) is 6.07 Å². The normalized spacial score (nSPS) is 18.0. The molecule has 1 amide bonds. The van der Waals surface area contributed by atoms with Gasteiger partial charge >= 0.3 is 5.97 Å². The van der Waals surface area contributed by atoms with Gasteiger partial charge in [0.25, 0.3) is 5.91 Å². The molecule has 23 heavy (non-hydrogen) atoms. The highest BCUT2D eigenvalue weighted by molar-refractivity contribution is 14.1. The van der Waals surface area contributed by atoms with Crippen LogP contribution in [0.3, 0.4) is 0 Å². The first kappa shape index (κ1) is 18.1. The van der Waals surface area contributed by atoms with E-state index in [2.05, 4.69) is 36.2 Å². The van der Waals surface area contributed by atoms with Crippen LogP contribution in [0.1, 0.15) is 5.56 Å². The van der Waals surface area contributed by atoms with Crippen molar-refractivity contribution in [1.29, 1.82) is 0 Å². The fraction of sp³-hybridized carbons (Fsp3) is 0.0769. The van der Waals surface area contributed by atoms with Crippen LogP contribution in [0.25, 0.3) is 0 Å². The lowest BCUT2D eigenvalue weighted by atomic mass is 10.2. The number of halogens is 3. The Morgan fingerprint density at radius 2 is 2.26 bits per heavy atom. The quantitative estimate of drug-likeness (QED) is 0.169. The second-order valence-electron chi connectivity index (χ2n) is 4.00. The van der Waals surface area contributed by atoms with Crippen molar-refractivity contribution < 1.29 is 18.7 Å². The molecule has 1 aliphatic heterocycles. The van der Waals surface area contributed by atoms with Crippen LogP contribution in [0.15, 0.2) is 37.8 Å². The van der Waals surface area contributed by atoms with Crippen LogP contribution in [-0.4, -0.2) is 30.4 Å². The molecule has 120 valence electrons. The van der Waals surface area contributed by atoms with Crippen LogP contribution in [-0.2, 0) is 14.3 Å². The molecular weight excluding hydrogens is 504 g/mol. The number of esters is 1. The number of nitrogens with zero attached hydrogens (tertiary/aromatic N) is 2. The van der Waals surface area contributed by atoms with Crippen LogP contribution in [0.4, 0.5) is 4.39 Å². The Labute approximate surface area is 156 Å². The van der Waals surface area contributed by atoms with Gasteiger partial charge in [-0.05, 0) is 56.3 Å². The fourth-order valence-corrected chi connectivity index (χ4v) is 3.47. The minimum Gasteiger partial charge on any atom is -0.466 e. The first-order valence-electron chi connectivity index (χ1n) is 5.95. The highest BCUT2D eigenvalue weighted by atomic mass is 127. The largest absolute Gasteiger partial charge is 0.466 e. The molecule has 1 fully saturated rings. The third kappa shape index (κ3) is 4.61. The zero-order valence-electron chi connectivity index (χ0n) is 11.5. The van der Waals surface area contributed by atoms with Crippen LogP contribution < -0.4 is 5.32 Å². The van der Waals surface area contributed by atoms with E-state index in [4.69, 9.17) is 0 Å². The summed E-state index contributed by atoms with van der Waals surface area (Å²) in [5, 5.41) is 10.3. The molecule has 0 unspecified atom stereocenters. The van der Waals surface area contributed by atoms with Gasteiger partial charge < -0.3 is 4.74 Å². The van der Waals surface area contributed by atoms with Crippen LogP contribution >= 0.6 is 50.3 Å². The SMILES string of the molecule is COC(=O)/C=C1/S/C(=N\N=Cc2ccc(Br)c(F)c2I)NC1=O. The predicted molar refractivity (Wildman–Crippen MR) is 97.7 cm³/mol. The standard InChI is InChI=1S/C13H8BrFIN3O3S/c1-22-9(20)4-8-12(21)18-13(23-8)19-17-5-6-2-3-7(14)10(15)11(6)16/h2-5H,1H3,(H,18,19,21)/b8-4+,17-5?. The van der Waals surface area contributed by atoms with Gasteiger partial charge in [0.05, 0.1) is 26.3 Å². The highest BCUT2D eigenvalue weighted by Crippen LogP contribution is 2.24. The number of rotatable bonds is 3. The fourth-order valence-electron chi connectivity index (χ4n) is 1.43. The van der Waals surface area contributed by atoms with E-state index in [0.29, 0.717) is 13.6 Å². The average Bonchev–Trinajstić information content (AvgIpc) is 2.87. The minimum absolute atomic E-state index is 0.162. The van der Waals surface area contributed by atoms with Gasteiger partial charge in [-0.25, -0.2) is 9.18 Å². The van der Waals surface area contributed by atoms with E-state index in [-0.39, 0.29) is 15.9 Å². The highest BCUT2D eigenvalue weighted by Gasteiger charge is 2.25. The number of ether oxygens (including phenoxy) is 1. The van der Waals surface area contributed by atoms with Gasteiger partial charge in [-0.15, -0.1) is 5.10 Å². The number of methoxy groups -OCH3 is 1. The van der Waals surface area contributed by atoms with E-state index in [1.54, 1.807) is 12.1 Å². The summed E-state index contributed by atoms with van der Waals surface area (Å²) in [5.74, 6) is -1.47. The van der Waals surface area contributed by atoms with E-state index in [1.165, 1.54) is 13.3 Å². The Hall–Kier alpha value is -1.27. The molecule has 1 aromatic carbocycles. The topological polar surface area (TPSA) is 80.1 Å². The van der Waals surface area contributed by atoms with Crippen molar-refractivity contribution in [2.45, 2.75) is 0 Å². The number of amides is 1. The smallest absolute Gasteiger partial charge is 0.331 e. The molecule has 0 spiro atoms. The molecule has 1 heterocycles. The molecule has 0 bridgehead atoms. The third-order valence-corrected chi connectivity index (χ3v) is 5.12. The van der Waals surface area contributed by atoms with Gasteiger partial charge in [0.2, 0.25) is 0 Å². The van der Waals surface area contributed by atoms with Crippen LogP contribution in [0.2, 0.25) is 0 Å². The minimum atomic E-state index is -0.632. The zero-order valence-corrected chi connectivity index (χ0v) is 16.0. The Morgan fingerprint density at radius 1 is 1.52 bits per heavy atom. The number of amidine groups is 1. The van der Waals surface area contributed by atoms with Crippen LogP contribution in [0.5, 0.6) is 0 Å². The molecule has 1 saturated heterocycles. The molecule has 1 aliphatic rings. The summed E-state index contributed by atoms with van der Waals surface area (Å²) in [6.07, 6.45) is 2.44. The molecule has 10 heteroatoms. The molecule has 1 N–H and O–H groups in total. The number of thioether (sulfide) groups is 1. The molecule has 0 radical (unpaired) electrons. The second-order valence-corrected chi connectivity index (χ2v) is 6.97. The molecule has 6 nitrogen and oxygen atoms in total. The lowest BCUT2D eigenvalue weighted by molar-refractivity contribution is -0.135. The average molecular weight is 512 g/mol. The maximum Gasteiger partial charge on any atom is 0.331 e. The van der Waals surface area contributed by atoms with Crippen LogP contribution in [0, 0.1) is 9.39 Å². The third-order valence-electron chi connectivity index (χ3n) is 2.51. The van der Waals surface area contributed by atoms with E-state index in [0.717, 1.165) is 17.8 Å². The summed E-state index contributed by atoms with van der Waals surface area (Å²) in [5.41, 5.74) is 0.551. The maximum absolute atomic E-state index is 13.7. The summed E-state index contributed by atoms with van der Waals surface area (Å²) < 4.78 is 18.9. The van der Waals surface area contributed by atoms with Gasteiger partial charge in [-0.3, -0.25) is 10.1 Å². The van der Waals surface area contributed by atoms with Gasteiger partial charge in [0.15, 0.2) is 11.0 Å². The first-order chi connectivity index (χ1) is 10.9. The molecule has 0 aromatic heterocycles. The molecule has 0 atom stereocenters. The van der Waals surface area contributed by atoms with Gasteiger partial charge in [0.1, 0.15) is 0 Å². The Balaban J connectivity index is 2.13. The van der Waals surface area contributed by atoms with E-state index < -0.39 is 11.9 Å². The number of nitrogens with one attached hydrogen (secondary N) is 1. The first-order valence-corrected chi connectivity index (χ1v) is 8.64. The summed E-state index contributed by atoms with van der Waals surface area (Å²) in [4.78, 5) is 22.9. The molecule has 2 rings (SSSR count). The second kappa shape index (κ2) is 8.02. The van der Waals surface area contributed by atoms with Crippen molar-refractivity contribution in [1.82, 2.24) is 5.32 Å². The lowest BCUT2D eigenvalue weighted by Gasteiger charge is -2.00. The number of carbonyl (C=O) groups is 2. The lowest BCUT2D eigenvalue weighted by Crippen LogP contribution is -2.19. The summed E-state index contributed by atoms with van der Waals surface area (Å²) in [6, 6.07) is 3.25. The van der Waals surface area contributed by atoms with Gasteiger partial charge in [-0.2, -0.15) is 5.10 Å². The maximum atomic E-state index is 13.7. The monoisotopic (exact) mass is 511 g/mol. The Morgan fingerprint density at radius 3 is 2.96 bits per heavy atom. The molecule has 0 saturated carbocycles. The van der Waals surface area contributed by atoms with E-state index in [1.807, 2.05) is 22.6 Å². The van der Waals surface area contributed by atoms with Crippen molar-refractivity contribution in [2.24, 2.45) is 10.2 Å². The summed E-state index contributed by atoms with van der Waals surface area (Å²) >= 11 is 5.92. The predicted octanol–water partition coefficient (Wildman–Crippen LogP) is 2.80. The van der Waals surface area contributed by atoms with E-state index in [9.17, 15) is 14.0 Å². The van der Waals surface area contributed by atoms with Crippen molar-refractivity contribution in [2.75, 3.05) is 7.11 Å². The van der Waals surface area contributed by atoms with Crippen molar-refractivity contribution in [3.8, 4) is 0 Å². The number of carbonyl (C=O) groups excluding carboxylic acids is 2. The number of hydrogen-bond acceptors (Lipinski definition) is 6. The van der Waals surface area contributed by atoms with Crippen molar-refractivity contribution in [3.05, 3.63) is 42.5 Å². The van der Waals surface area contributed by atoms with Gasteiger partial charge in [0, 0.05) is 11.6 Å². The van der Waals surface area contributed by atoms with Crippen molar-refractivity contribution >= 4 is 73.5 Å². The molecule has 0 aliphatic carbocycles. The molecule has 1 aromatic rings. The summed E-state index contributed by atoms with van der Waals surface area (Å²) in [6.45, 7) is 0.